The van der Waals surface area contributed by atoms with Crippen LogP contribution >= 0.6 is 23.2 Å². The van der Waals surface area contributed by atoms with E-state index in [1.54, 1.807) is 76.2 Å². The van der Waals surface area contributed by atoms with Crippen LogP contribution in [0.25, 0.3) is 0 Å². The highest BCUT2D eigenvalue weighted by molar-refractivity contribution is 8.19. The Hall–Kier alpha value is -3.67. The van der Waals surface area contributed by atoms with E-state index in [9.17, 15) is 18.0 Å². The molecule has 228 valence electrons. The van der Waals surface area contributed by atoms with Crippen LogP contribution in [0.1, 0.15) is 50.7 Å². The first kappa shape index (κ1) is 32.2. The maximum atomic E-state index is 14.5. The van der Waals surface area contributed by atoms with Gasteiger partial charge < -0.3 is 9.47 Å². The van der Waals surface area contributed by atoms with Crippen LogP contribution in [0.2, 0.25) is 10.0 Å². The minimum atomic E-state index is -4.30. The zero-order valence-corrected chi connectivity index (χ0v) is 26.5. The summed E-state index contributed by atoms with van der Waals surface area (Å²) in [5, 5.41) is 12.7. The maximum Gasteiger partial charge on any atom is 0.332 e. The van der Waals surface area contributed by atoms with E-state index >= 15 is 0 Å². The number of rotatable bonds is 8. The van der Waals surface area contributed by atoms with Crippen LogP contribution in [-0.2, 0) is 28.9 Å². The Kier molecular flexibility index (Phi) is 10.3. The molecular formula is C30H32Cl2N4O6S. The average Bonchev–Trinajstić information content (AvgIpc) is 3.61. The number of allylic oxidation sites excluding steroid dienone is 2. The lowest BCUT2D eigenvalue weighted by atomic mass is 10.0. The first-order chi connectivity index (χ1) is 20.4. The highest BCUT2D eigenvalue weighted by Gasteiger charge is 2.45. The van der Waals surface area contributed by atoms with Crippen molar-refractivity contribution in [3.05, 3.63) is 93.2 Å². The van der Waals surface area contributed by atoms with Gasteiger partial charge in [-0.2, -0.15) is 10.2 Å². The van der Waals surface area contributed by atoms with Gasteiger partial charge >= 0.3 is 11.9 Å². The van der Waals surface area contributed by atoms with Gasteiger partial charge in [0.15, 0.2) is 10.1 Å². The minimum Gasteiger partial charge on any atom is -0.463 e. The lowest BCUT2D eigenvalue weighted by molar-refractivity contribution is -0.138. The van der Waals surface area contributed by atoms with E-state index in [1.165, 1.54) is 22.2 Å². The number of hydrogen-bond acceptors (Lipinski definition) is 10. The molecule has 4 rings (SSSR count). The van der Waals surface area contributed by atoms with Crippen molar-refractivity contribution in [2.75, 3.05) is 26.3 Å². The minimum absolute atomic E-state index is 0.127. The molecule has 0 amide bonds. The molecule has 10 nitrogen and oxygen atoms in total. The summed E-state index contributed by atoms with van der Waals surface area (Å²) in [5.74, 6) is -2.49. The van der Waals surface area contributed by atoms with Crippen molar-refractivity contribution in [3.8, 4) is 0 Å². The van der Waals surface area contributed by atoms with E-state index in [0.717, 1.165) is 0 Å². The number of halogens is 2. The molecule has 2 heterocycles. The summed E-state index contributed by atoms with van der Waals surface area (Å²) in [6, 6.07) is 13.7. The Labute approximate surface area is 261 Å². The van der Waals surface area contributed by atoms with Crippen LogP contribution in [0.15, 0.2) is 82.3 Å². The van der Waals surface area contributed by atoms with Gasteiger partial charge in [-0.15, -0.1) is 0 Å². The Morgan fingerprint density at radius 1 is 0.767 bits per heavy atom. The summed E-state index contributed by atoms with van der Waals surface area (Å²) in [6.45, 7) is 7.42. The fourth-order valence-electron chi connectivity index (χ4n) is 4.74. The normalized spacial score (nSPS) is 19.3. The number of hydrazone groups is 2. The Bertz CT molecular complexity index is 1490. The first-order valence-corrected chi connectivity index (χ1v) is 15.9. The van der Waals surface area contributed by atoms with E-state index in [-0.39, 0.29) is 36.4 Å². The van der Waals surface area contributed by atoms with Gasteiger partial charge in [0.25, 0.3) is 0 Å². The molecule has 43 heavy (non-hydrogen) atoms. The van der Waals surface area contributed by atoms with Crippen LogP contribution < -0.4 is 0 Å². The zero-order valence-electron chi connectivity index (χ0n) is 24.2. The molecule has 2 unspecified atom stereocenters. The van der Waals surface area contributed by atoms with Gasteiger partial charge in [-0.3, -0.25) is 10.0 Å². The molecule has 2 aromatic carbocycles. The van der Waals surface area contributed by atoms with Crippen LogP contribution in [-0.4, -0.2) is 66.8 Å². The van der Waals surface area contributed by atoms with Crippen molar-refractivity contribution in [1.82, 2.24) is 10.0 Å². The summed E-state index contributed by atoms with van der Waals surface area (Å²) in [6.07, 6.45) is 2.55. The molecule has 0 saturated carbocycles. The second-order valence-corrected chi connectivity index (χ2v) is 12.5. The van der Waals surface area contributed by atoms with Gasteiger partial charge in [-0.1, -0.05) is 47.5 Å². The first-order valence-electron chi connectivity index (χ1n) is 13.6. The van der Waals surface area contributed by atoms with E-state index in [1.807, 2.05) is 0 Å². The van der Waals surface area contributed by atoms with Gasteiger partial charge in [-0.05, 0) is 63.1 Å². The van der Waals surface area contributed by atoms with Crippen LogP contribution in [0, 0.1) is 0 Å². The van der Waals surface area contributed by atoms with E-state index in [4.69, 9.17) is 32.7 Å². The van der Waals surface area contributed by atoms with Crippen LogP contribution in [0.3, 0.4) is 0 Å². The zero-order chi connectivity index (χ0) is 31.3. The third-order valence-electron chi connectivity index (χ3n) is 6.88. The lowest BCUT2D eigenvalue weighted by Gasteiger charge is -2.18. The lowest BCUT2D eigenvalue weighted by Crippen LogP contribution is -2.31. The maximum absolute atomic E-state index is 14.5. The molecule has 0 spiro atoms. The Morgan fingerprint density at radius 3 is 1.44 bits per heavy atom. The summed E-state index contributed by atoms with van der Waals surface area (Å²) in [7, 11) is -4.30. The number of ether oxygens (including phenoxy) is 2. The molecular weight excluding hydrogens is 615 g/mol. The van der Waals surface area contributed by atoms with Crippen molar-refractivity contribution in [3.63, 3.8) is 0 Å². The van der Waals surface area contributed by atoms with Crippen LogP contribution in [0.4, 0.5) is 0 Å². The molecule has 2 aliphatic rings. The fraction of sp³-hybridized carbons (Fsp3) is 0.333. The van der Waals surface area contributed by atoms with Crippen molar-refractivity contribution in [1.29, 1.82) is 0 Å². The number of esters is 2. The Balaban J connectivity index is 1.82. The van der Waals surface area contributed by atoms with Gasteiger partial charge in [0.2, 0.25) is 9.84 Å². The van der Waals surface area contributed by atoms with E-state index in [0.29, 0.717) is 32.6 Å². The summed E-state index contributed by atoms with van der Waals surface area (Å²) in [5.41, 5.74) is 2.19. The van der Waals surface area contributed by atoms with Gasteiger partial charge in [0.05, 0.1) is 38.1 Å². The summed E-state index contributed by atoms with van der Waals surface area (Å²) >= 11 is 12.2. The van der Waals surface area contributed by atoms with Gasteiger partial charge in [0.1, 0.15) is 0 Å². The highest BCUT2D eigenvalue weighted by Crippen LogP contribution is 2.36. The molecule has 0 aliphatic carbocycles. The summed E-state index contributed by atoms with van der Waals surface area (Å²) in [4.78, 5) is 24.3. The van der Waals surface area contributed by atoms with E-state index in [2.05, 4.69) is 10.2 Å². The van der Waals surface area contributed by atoms with Crippen molar-refractivity contribution in [2.24, 2.45) is 10.2 Å². The largest absolute Gasteiger partial charge is 0.463 e. The number of benzene rings is 2. The molecule has 0 aromatic heterocycles. The second-order valence-electron chi connectivity index (χ2n) is 9.83. The Morgan fingerprint density at radius 2 is 1.12 bits per heavy atom. The van der Waals surface area contributed by atoms with Crippen molar-refractivity contribution >= 4 is 55.1 Å². The third kappa shape index (κ3) is 7.46. The van der Waals surface area contributed by atoms with Gasteiger partial charge in [0, 0.05) is 33.6 Å². The molecule has 0 fully saturated rings. The molecule has 0 bridgehead atoms. The average molecular weight is 648 g/mol. The third-order valence-corrected chi connectivity index (χ3v) is 9.22. The van der Waals surface area contributed by atoms with Crippen LogP contribution in [0.5, 0.6) is 0 Å². The topological polar surface area (TPSA) is 118 Å². The van der Waals surface area contributed by atoms with Crippen molar-refractivity contribution < 1.29 is 27.5 Å². The smallest absolute Gasteiger partial charge is 0.332 e. The number of sulfone groups is 1. The molecule has 2 aliphatic heterocycles. The molecule has 2 atom stereocenters. The van der Waals surface area contributed by atoms with Gasteiger partial charge in [-0.25, -0.2) is 18.0 Å². The number of carbonyl (C=O) groups is 2. The predicted octanol–water partition coefficient (Wildman–Crippen LogP) is 5.47. The summed E-state index contributed by atoms with van der Waals surface area (Å²) < 4.78 is 39.1. The molecule has 0 N–H and O–H groups in total. The standard InChI is InChI=1S/C30H32Cl2N4O6S/c1-5-41-27(37)15-19(3)35-17-25(21-7-11-23(31)12-8-21)29(33-35)43(39,40)30-26(22-9-13-24(32)14-10-22)18-36(34-30)20(4)16-28(38)42-6-2/h7-16,25-26H,5-6,17-18H2,1-4H3/b19-15+,20-16+. The van der Waals surface area contributed by atoms with E-state index < -0.39 is 33.6 Å². The number of nitrogens with zero attached hydrogens (tertiary/aromatic N) is 4. The molecule has 13 heteroatoms. The highest BCUT2D eigenvalue weighted by atomic mass is 35.5. The number of hydrogen-bond donors (Lipinski definition) is 0. The monoisotopic (exact) mass is 646 g/mol. The fourth-order valence-corrected chi connectivity index (χ4v) is 6.79. The molecule has 0 radical (unpaired) electrons. The quantitative estimate of drug-likeness (QED) is 0.274. The second kappa shape index (κ2) is 13.7. The predicted molar refractivity (Wildman–Crippen MR) is 166 cm³/mol. The molecule has 0 saturated heterocycles. The van der Waals surface area contributed by atoms with Crippen molar-refractivity contribution in [2.45, 2.75) is 39.5 Å². The number of carbonyl (C=O) groups excluding carboxylic acids is 2. The molecule has 2 aromatic rings. The SMILES string of the molecule is CCOC(=O)/C=C(\C)N1CC(c2ccc(Cl)cc2)C(S(=O)(=O)C2=NN(/C(C)=C/C(=O)OCC)CC2c2ccc(Cl)cc2)=N1.